The largest absolute Gasteiger partial charge is 0.491 e. The van der Waals surface area contributed by atoms with E-state index in [0.29, 0.717) is 47.7 Å². The van der Waals surface area contributed by atoms with Crippen molar-refractivity contribution in [3.63, 3.8) is 0 Å². The number of halogens is 1. The van der Waals surface area contributed by atoms with Crippen molar-refractivity contribution in [1.29, 1.82) is 0 Å². The van der Waals surface area contributed by atoms with Crippen LogP contribution in [-0.4, -0.2) is 43.6 Å². The number of likely N-dealkylation sites (N-methyl/N-ethyl adjacent to an activating group) is 1. The van der Waals surface area contributed by atoms with E-state index in [0.717, 1.165) is 11.1 Å². The molecule has 34 heavy (non-hydrogen) atoms. The smallest absolute Gasteiger partial charge is 0.257 e. The van der Waals surface area contributed by atoms with E-state index < -0.39 is 27.6 Å². The third-order valence-electron chi connectivity index (χ3n) is 6.41. The summed E-state index contributed by atoms with van der Waals surface area (Å²) >= 11 is 0. The Hall–Kier alpha value is -3.24. The van der Waals surface area contributed by atoms with E-state index in [-0.39, 0.29) is 22.8 Å². The van der Waals surface area contributed by atoms with E-state index in [1.807, 2.05) is 0 Å². The lowest BCUT2D eigenvalue weighted by molar-refractivity contribution is 0.0704. The van der Waals surface area contributed by atoms with Crippen molar-refractivity contribution in [3.05, 3.63) is 58.4 Å². The fraction of sp³-hybridized carbons (Fsp3) is 0.333. The third-order valence-corrected chi connectivity index (χ3v) is 8.33. The van der Waals surface area contributed by atoms with Gasteiger partial charge in [0.1, 0.15) is 24.0 Å². The second-order valence-corrected chi connectivity index (χ2v) is 10.7. The van der Waals surface area contributed by atoms with E-state index in [4.69, 9.17) is 15.2 Å². The molecule has 3 heterocycles. The highest BCUT2D eigenvalue weighted by molar-refractivity contribution is 7.91. The molecule has 0 aliphatic carbocycles. The maximum atomic E-state index is 15.0. The van der Waals surface area contributed by atoms with Gasteiger partial charge in [-0.1, -0.05) is 13.0 Å². The van der Waals surface area contributed by atoms with Gasteiger partial charge in [-0.25, -0.2) is 17.8 Å². The normalized spacial score (nSPS) is 16.9. The zero-order valence-electron chi connectivity index (χ0n) is 18.8. The maximum Gasteiger partial charge on any atom is 0.257 e. The van der Waals surface area contributed by atoms with Crippen molar-refractivity contribution in [2.24, 2.45) is 0 Å². The fourth-order valence-corrected chi connectivity index (χ4v) is 5.90. The molecule has 0 saturated carbocycles. The summed E-state index contributed by atoms with van der Waals surface area (Å²) in [6, 6.07) is 6.91. The number of fused-ring (bicyclic) bond motifs is 4. The highest BCUT2D eigenvalue weighted by Crippen LogP contribution is 2.38. The first kappa shape index (κ1) is 22.5. The molecule has 10 heteroatoms. The van der Waals surface area contributed by atoms with E-state index in [9.17, 15) is 17.6 Å². The summed E-state index contributed by atoms with van der Waals surface area (Å²) in [4.78, 5) is 19.2. The summed E-state index contributed by atoms with van der Waals surface area (Å²) in [5.41, 5.74) is 8.51. The Morgan fingerprint density at radius 1 is 1.24 bits per heavy atom. The van der Waals surface area contributed by atoms with Gasteiger partial charge in [0.15, 0.2) is 9.84 Å². The molecular weight excluding hydrogens is 461 g/mol. The number of rotatable bonds is 5. The van der Waals surface area contributed by atoms with Crippen LogP contribution in [0, 0.1) is 5.82 Å². The van der Waals surface area contributed by atoms with Crippen LogP contribution in [0.5, 0.6) is 5.75 Å². The summed E-state index contributed by atoms with van der Waals surface area (Å²) in [6.45, 7) is 2.60. The second kappa shape index (κ2) is 8.21. The Bertz CT molecular complexity index is 1440. The number of anilines is 1. The van der Waals surface area contributed by atoms with Gasteiger partial charge < -0.3 is 20.1 Å². The molecule has 2 N–H and O–H groups in total. The summed E-state index contributed by atoms with van der Waals surface area (Å²) < 4.78 is 51.0. The fourth-order valence-electron chi connectivity index (χ4n) is 4.56. The predicted octanol–water partition coefficient (Wildman–Crippen LogP) is 3.38. The lowest BCUT2D eigenvalue weighted by Gasteiger charge is -2.24. The molecule has 0 radical (unpaired) electrons. The Morgan fingerprint density at radius 3 is 2.76 bits per heavy atom. The van der Waals surface area contributed by atoms with Crippen LogP contribution in [0.3, 0.4) is 0 Å². The minimum Gasteiger partial charge on any atom is -0.491 e. The molecule has 1 atom stereocenters. The minimum atomic E-state index is -3.40. The van der Waals surface area contributed by atoms with Crippen molar-refractivity contribution in [3.8, 4) is 5.75 Å². The molecule has 2 aliphatic heterocycles. The van der Waals surface area contributed by atoms with Crippen LogP contribution in [0.4, 0.5) is 10.2 Å². The molecule has 2 aromatic carbocycles. The van der Waals surface area contributed by atoms with Gasteiger partial charge in [-0.15, -0.1) is 0 Å². The van der Waals surface area contributed by atoms with Crippen LogP contribution in [0.15, 0.2) is 35.2 Å². The van der Waals surface area contributed by atoms with Crippen molar-refractivity contribution >= 4 is 32.5 Å². The summed E-state index contributed by atoms with van der Waals surface area (Å²) in [5, 5.41) is 0.633. The van der Waals surface area contributed by atoms with Gasteiger partial charge in [0.25, 0.3) is 5.91 Å². The number of pyridine rings is 1. The Kier molecular flexibility index (Phi) is 5.44. The van der Waals surface area contributed by atoms with Crippen LogP contribution in [0.2, 0.25) is 0 Å². The number of amides is 1. The molecular formula is C24H24FN3O5S. The highest BCUT2D eigenvalue weighted by Gasteiger charge is 2.33. The topological polar surface area (TPSA) is 112 Å². The first-order chi connectivity index (χ1) is 16.2. The molecule has 0 bridgehead atoms. The van der Waals surface area contributed by atoms with E-state index in [1.54, 1.807) is 20.0 Å². The van der Waals surface area contributed by atoms with Crippen molar-refractivity contribution in [1.82, 2.24) is 9.88 Å². The molecule has 0 unspecified atom stereocenters. The number of hydrogen-bond donors (Lipinski definition) is 1. The van der Waals surface area contributed by atoms with Crippen LogP contribution in [0.25, 0.3) is 10.9 Å². The van der Waals surface area contributed by atoms with E-state index in [1.165, 1.54) is 29.2 Å². The van der Waals surface area contributed by atoms with Gasteiger partial charge in [0.2, 0.25) is 0 Å². The Morgan fingerprint density at radius 2 is 2.00 bits per heavy atom. The van der Waals surface area contributed by atoms with Crippen LogP contribution in [-0.2, 0) is 27.8 Å². The molecule has 178 valence electrons. The number of nitrogens with zero attached hydrogens (tertiary/aromatic N) is 2. The summed E-state index contributed by atoms with van der Waals surface area (Å²) in [6.07, 6.45) is 0.509. The number of sulfone groups is 1. The number of carbonyl (C=O) groups excluding carboxylic acids is 1. The SMILES string of the molecule is CCCS(=O)(=O)c1ccc2c(c1)OC[C@H]2N(C)C(=O)c1cc2c3c(c(N)nc2cc1F)COC3. The maximum absolute atomic E-state index is 15.0. The van der Waals surface area contributed by atoms with Gasteiger partial charge in [0, 0.05) is 29.6 Å². The standard InChI is InChI=1S/C24H24FN3O5S/c1-3-6-34(30,31)13-4-5-14-21(12-33-22(14)7-13)28(2)24(29)16-8-15-17-10-32-11-18(17)23(26)27-20(15)9-19(16)25/h4-5,7-9,21H,3,6,10-12H2,1-2H3,(H2,26,27)/t21-/m1/s1. The lowest BCUT2D eigenvalue weighted by Crippen LogP contribution is -2.32. The third kappa shape index (κ3) is 3.57. The minimum absolute atomic E-state index is 0.0457. The van der Waals surface area contributed by atoms with Crippen LogP contribution < -0.4 is 10.5 Å². The van der Waals surface area contributed by atoms with Gasteiger partial charge in [0.05, 0.1) is 41.0 Å². The summed E-state index contributed by atoms with van der Waals surface area (Å²) in [7, 11) is -1.82. The highest BCUT2D eigenvalue weighted by atomic mass is 32.2. The monoisotopic (exact) mass is 485 g/mol. The first-order valence-electron chi connectivity index (χ1n) is 11.0. The number of ether oxygens (including phenoxy) is 2. The molecule has 2 aliphatic rings. The van der Waals surface area contributed by atoms with Gasteiger partial charge >= 0.3 is 0 Å². The average Bonchev–Trinajstić information content (AvgIpc) is 3.45. The first-order valence-corrected chi connectivity index (χ1v) is 12.6. The van der Waals surface area contributed by atoms with E-state index >= 15 is 0 Å². The molecule has 3 aromatic rings. The van der Waals surface area contributed by atoms with Gasteiger partial charge in [-0.2, -0.15) is 0 Å². The molecule has 0 spiro atoms. The Labute approximate surface area is 196 Å². The molecule has 0 saturated heterocycles. The van der Waals surface area contributed by atoms with E-state index in [2.05, 4.69) is 4.98 Å². The number of carbonyl (C=O) groups is 1. The van der Waals surface area contributed by atoms with Gasteiger partial charge in [-0.3, -0.25) is 4.79 Å². The Balaban J connectivity index is 1.48. The molecule has 5 rings (SSSR count). The summed E-state index contributed by atoms with van der Waals surface area (Å²) in [5.74, 6) is -0.459. The van der Waals surface area contributed by atoms with Gasteiger partial charge in [-0.05, 0) is 30.2 Å². The zero-order valence-corrected chi connectivity index (χ0v) is 19.6. The quantitative estimate of drug-likeness (QED) is 0.590. The number of nitrogens with two attached hydrogens (primary N) is 1. The van der Waals surface area contributed by atoms with Crippen LogP contribution >= 0.6 is 0 Å². The van der Waals surface area contributed by atoms with Crippen molar-refractivity contribution < 1.29 is 27.1 Å². The average molecular weight is 486 g/mol. The van der Waals surface area contributed by atoms with Crippen LogP contribution in [0.1, 0.15) is 46.4 Å². The number of aromatic nitrogens is 1. The zero-order chi connectivity index (χ0) is 24.2. The molecule has 8 nitrogen and oxygen atoms in total. The molecule has 0 fully saturated rings. The lowest BCUT2D eigenvalue weighted by atomic mass is 10.0. The van der Waals surface area contributed by atoms with Crippen molar-refractivity contribution in [2.45, 2.75) is 37.5 Å². The van der Waals surface area contributed by atoms with Crippen molar-refractivity contribution in [2.75, 3.05) is 25.1 Å². The second-order valence-electron chi connectivity index (χ2n) is 8.56. The molecule has 1 aromatic heterocycles. The number of nitrogen functional groups attached to an aromatic ring is 1. The number of hydrogen-bond acceptors (Lipinski definition) is 7. The molecule has 1 amide bonds. The number of benzene rings is 2. The predicted molar refractivity (Wildman–Crippen MR) is 124 cm³/mol.